The topological polar surface area (TPSA) is 58.9 Å². The van der Waals surface area contributed by atoms with Crippen molar-refractivity contribution < 1.29 is 29.8 Å². The van der Waals surface area contributed by atoms with Crippen LogP contribution >= 0.6 is 0 Å². The van der Waals surface area contributed by atoms with Crippen LogP contribution in [-0.4, -0.2) is 10.5 Å². The summed E-state index contributed by atoms with van der Waals surface area (Å²) in [4.78, 5) is 0. The third-order valence-corrected chi connectivity index (χ3v) is 0. The first-order chi connectivity index (χ1) is 2.83. The van der Waals surface area contributed by atoms with Crippen LogP contribution in [0.4, 0.5) is 9.05 Å². The molecule has 0 spiro atoms. The van der Waals surface area contributed by atoms with E-state index < -0.39 is 0 Å². The summed E-state index contributed by atoms with van der Waals surface area (Å²) in [5, 5.41) is 16.3. The quantitative estimate of drug-likeness (QED) is 0.351. The van der Waals surface area contributed by atoms with Crippen LogP contribution in [0.25, 0.3) is 0 Å². The van der Waals surface area contributed by atoms with Crippen molar-refractivity contribution in [3.63, 3.8) is 0 Å². The average molecular weight is 104 g/mol. The maximum Gasteiger partial charge on any atom is -0.0151 e. The van der Waals surface area contributed by atoms with Gasteiger partial charge in [-0.2, -0.15) is 0 Å². The molecule has 0 aliphatic heterocycles. The summed E-state index contributed by atoms with van der Waals surface area (Å²) < 4.78 is 18.7. The summed E-state index contributed by atoms with van der Waals surface area (Å²) in [5.74, 6) is 0. The monoisotopic (exact) mass is 104 g/mol. The Morgan fingerprint density at radius 1 is 1.00 bits per heavy atom. The van der Waals surface area contributed by atoms with Crippen molar-refractivity contribution in [3.05, 3.63) is 0 Å². The van der Waals surface area contributed by atoms with Crippen molar-refractivity contribution in [2.45, 2.75) is 0 Å². The molecule has 0 fully saturated rings. The number of hydrogen-bond acceptors (Lipinski definition) is 4. The zero-order valence-corrected chi connectivity index (χ0v) is 2.47. The van der Waals surface area contributed by atoms with E-state index in [0.29, 0.717) is 0 Å². The van der Waals surface area contributed by atoms with E-state index >= 15 is 0 Å². The second-order valence-corrected chi connectivity index (χ2v) is 0.138. The van der Waals surface area contributed by atoms with Crippen LogP contribution < -0.4 is 0 Å². The second kappa shape index (κ2) is 22.3. The minimum Gasteiger partial charge on any atom is -0.217 e. The molecule has 0 saturated heterocycles. The molecule has 0 amide bonds. The van der Waals surface area contributed by atoms with Crippen LogP contribution in [0.1, 0.15) is 0 Å². The molecule has 0 radical (unpaired) electrons. The number of hydrogen-bond donors (Lipinski definition) is 2. The van der Waals surface area contributed by atoms with Gasteiger partial charge in [0.15, 0.2) is 0 Å². The van der Waals surface area contributed by atoms with Crippen LogP contribution in [0.2, 0.25) is 0 Å². The van der Waals surface area contributed by atoms with Gasteiger partial charge in [-0.25, -0.2) is 10.5 Å². The summed E-state index contributed by atoms with van der Waals surface area (Å²) in [5.41, 5.74) is 0. The van der Waals surface area contributed by atoms with Crippen molar-refractivity contribution in [2.24, 2.45) is 0 Å². The third-order valence-electron chi connectivity index (χ3n) is 0. The highest BCUT2D eigenvalue weighted by Crippen LogP contribution is 1.47. The first-order valence-electron chi connectivity index (χ1n) is 0.674. The Hall–Kier alpha value is -0.300. The molecule has 0 aliphatic carbocycles. The van der Waals surface area contributed by atoms with Crippen molar-refractivity contribution in [1.82, 2.24) is 0 Å². The minimum absolute atomic E-state index is 1.75. The Labute approximate surface area is 31.2 Å². The van der Waals surface area contributed by atoms with E-state index in [1.807, 2.05) is 0 Å². The molecule has 0 atom stereocenters. The highest BCUT2D eigenvalue weighted by molar-refractivity contribution is 2.45. The van der Waals surface area contributed by atoms with E-state index in [2.05, 4.69) is 0 Å². The minimum atomic E-state index is 1.75. The standard InChI is InChI=1S/2FHO2/c2*1-3-2/h2*2H. The zero-order valence-electron chi connectivity index (χ0n) is 2.47. The molecule has 0 rings (SSSR count). The van der Waals surface area contributed by atoms with E-state index in [4.69, 9.17) is 10.5 Å². The van der Waals surface area contributed by atoms with Gasteiger partial charge in [-0.15, -0.1) is 0 Å². The lowest BCUT2D eigenvalue weighted by Crippen LogP contribution is -1.46. The number of halogens is 2. The molecule has 0 aromatic rings. The second-order valence-electron chi connectivity index (χ2n) is 0.138. The third kappa shape index (κ3) is 300. The normalized spacial score (nSPS) is 6.00. The summed E-state index contributed by atoms with van der Waals surface area (Å²) in [7, 11) is 0. The lowest BCUT2D eigenvalue weighted by Gasteiger charge is -1.49. The molecule has 0 saturated carbocycles. The van der Waals surface area contributed by atoms with E-state index in [-0.39, 0.29) is 0 Å². The van der Waals surface area contributed by atoms with Crippen LogP contribution in [-0.2, 0) is 10.2 Å². The Kier molecular flexibility index (Phi) is 34.1. The van der Waals surface area contributed by atoms with Gasteiger partial charge < -0.3 is 0 Å². The Morgan fingerprint density at radius 3 is 1.00 bits per heavy atom. The highest BCUT2D eigenvalue weighted by atomic mass is 19.3. The zero-order chi connectivity index (χ0) is 5.41. The first-order valence-corrected chi connectivity index (χ1v) is 0.674. The van der Waals surface area contributed by atoms with Gasteiger partial charge in [0.05, 0.1) is 0 Å². The summed E-state index contributed by atoms with van der Waals surface area (Å²) in [6.07, 6.45) is 0. The SMILES string of the molecule is OOF.OOF. The van der Waals surface area contributed by atoms with Crippen LogP contribution in [0.3, 0.4) is 0 Å². The van der Waals surface area contributed by atoms with Crippen molar-refractivity contribution in [3.8, 4) is 0 Å². The van der Waals surface area contributed by atoms with Gasteiger partial charge in [0, 0.05) is 0 Å². The molecule has 0 heterocycles. The molecule has 6 heteroatoms. The van der Waals surface area contributed by atoms with Crippen molar-refractivity contribution in [2.75, 3.05) is 0 Å². The molecular weight excluding hydrogens is 102 g/mol. The van der Waals surface area contributed by atoms with Crippen LogP contribution in [0, 0.1) is 0 Å². The predicted molar refractivity (Wildman–Crippen MR) is 9.64 cm³/mol. The maximum atomic E-state index is 9.35. The van der Waals surface area contributed by atoms with E-state index in [9.17, 15) is 9.05 Å². The molecule has 0 aromatic heterocycles. The van der Waals surface area contributed by atoms with E-state index in [1.54, 1.807) is 10.2 Å². The Balaban J connectivity index is 0. The summed E-state index contributed by atoms with van der Waals surface area (Å²) in [6.45, 7) is 0. The molecule has 2 N–H and O–H groups in total. The maximum absolute atomic E-state index is 9.35. The van der Waals surface area contributed by atoms with Gasteiger partial charge in [0.25, 0.3) is 0 Å². The lowest BCUT2D eigenvalue weighted by atomic mass is 14.9. The fraction of sp³-hybridized carbons (Fsp3) is 0. The van der Waals surface area contributed by atoms with Crippen molar-refractivity contribution in [1.29, 1.82) is 0 Å². The van der Waals surface area contributed by atoms with Crippen LogP contribution in [0.15, 0.2) is 0 Å². The first kappa shape index (κ1) is 9.20. The van der Waals surface area contributed by atoms with Crippen molar-refractivity contribution >= 4 is 0 Å². The van der Waals surface area contributed by atoms with Gasteiger partial charge in [-0.3, -0.25) is 0 Å². The molecular formula is H2F2O4. The Morgan fingerprint density at radius 2 is 1.00 bits per heavy atom. The number of rotatable bonds is 0. The molecule has 0 bridgehead atoms. The van der Waals surface area contributed by atoms with E-state index in [1.165, 1.54) is 0 Å². The molecule has 0 aliphatic rings. The van der Waals surface area contributed by atoms with Crippen LogP contribution in [0.5, 0.6) is 0 Å². The average Bonchev–Trinajstić information content (AvgIpc) is 1.39. The summed E-state index contributed by atoms with van der Waals surface area (Å²) >= 11 is 0. The van der Waals surface area contributed by atoms with Gasteiger partial charge in [0.2, 0.25) is 0 Å². The largest absolute Gasteiger partial charge is 0.217 e. The molecule has 0 unspecified atom stereocenters. The fourth-order valence-electron chi connectivity index (χ4n) is 0. The van der Waals surface area contributed by atoms with Gasteiger partial charge in [-0.05, 0) is 19.2 Å². The lowest BCUT2D eigenvalue weighted by molar-refractivity contribution is -0.397. The Bertz CT molecular complexity index is 7.51. The van der Waals surface area contributed by atoms with Gasteiger partial charge >= 0.3 is 0 Å². The molecule has 0 aromatic carbocycles. The van der Waals surface area contributed by atoms with Gasteiger partial charge in [0.1, 0.15) is 0 Å². The summed E-state index contributed by atoms with van der Waals surface area (Å²) in [6, 6.07) is 0. The van der Waals surface area contributed by atoms with Gasteiger partial charge in [-0.1, -0.05) is 0 Å². The molecule has 40 valence electrons. The highest BCUT2D eigenvalue weighted by Gasteiger charge is 1.35. The smallest absolute Gasteiger partial charge is 0.0151 e. The predicted octanol–water partition coefficient (Wildman–Crippen LogP) is 0.721. The molecule has 4 nitrogen and oxygen atoms in total. The van der Waals surface area contributed by atoms with E-state index in [0.717, 1.165) is 0 Å². The fourth-order valence-corrected chi connectivity index (χ4v) is 0. The molecule has 6 heavy (non-hydrogen) atoms.